The molecule has 0 aromatic carbocycles. The fourth-order valence-corrected chi connectivity index (χ4v) is 2.27. The van der Waals surface area contributed by atoms with Gasteiger partial charge in [0.25, 0.3) is 0 Å². The highest BCUT2D eigenvalue weighted by molar-refractivity contribution is 9.10. The van der Waals surface area contributed by atoms with Crippen molar-refractivity contribution >= 4 is 21.7 Å². The van der Waals surface area contributed by atoms with Gasteiger partial charge in [0.15, 0.2) is 0 Å². The third-order valence-corrected chi connectivity index (χ3v) is 4.04. The zero-order chi connectivity index (χ0) is 13.0. The van der Waals surface area contributed by atoms with Crippen LogP contribution in [0.4, 0.5) is 5.82 Å². The van der Waals surface area contributed by atoms with Gasteiger partial charge in [-0.05, 0) is 41.5 Å². The second kappa shape index (κ2) is 6.50. The molecule has 1 unspecified atom stereocenters. The van der Waals surface area contributed by atoms with Crippen LogP contribution in [-0.4, -0.2) is 48.8 Å². The lowest BCUT2D eigenvalue weighted by Gasteiger charge is -2.32. The predicted octanol–water partition coefficient (Wildman–Crippen LogP) is 2.29. The van der Waals surface area contributed by atoms with Crippen molar-refractivity contribution in [1.29, 1.82) is 0 Å². The van der Waals surface area contributed by atoms with E-state index in [4.69, 9.17) is 4.74 Å². The Kier molecular flexibility index (Phi) is 4.97. The molecule has 0 saturated carbocycles. The second-order valence-corrected chi connectivity index (χ2v) is 5.38. The van der Waals surface area contributed by atoms with Crippen molar-refractivity contribution in [2.75, 3.05) is 38.1 Å². The van der Waals surface area contributed by atoms with Crippen LogP contribution in [0.1, 0.15) is 12.6 Å². The number of pyridine rings is 1. The number of nitrogens with zero attached hydrogens (tertiary/aromatic N) is 2. The minimum atomic E-state index is 0.254. The van der Waals surface area contributed by atoms with Crippen molar-refractivity contribution in [3.05, 3.63) is 22.3 Å². The minimum absolute atomic E-state index is 0.254. The quantitative estimate of drug-likeness (QED) is 0.925. The summed E-state index contributed by atoms with van der Waals surface area (Å²) >= 11 is 3.45. The molecule has 0 spiro atoms. The summed E-state index contributed by atoms with van der Waals surface area (Å²) in [6, 6.07) is 4.00. The summed E-state index contributed by atoms with van der Waals surface area (Å²) < 4.78 is 6.79. The van der Waals surface area contributed by atoms with E-state index in [1.165, 1.54) is 0 Å². The summed E-state index contributed by atoms with van der Waals surface area (Å²) in [4.78, 5) is 6.88. The Morgan fingerprint density at radius 3 is 3.11 bits per heavy atom. The molecule has 1 atom stereocenters. The lowest BCUT2D eigenvalue weighted by molar-refractivity contribution is -0.0192. The number of nitrogens with one attached hydrogen (secondary N) is 1. The van der Waals surface area contributed by atoms with Gasteiger partial charge in [0.1, 0.15) is 5.82 Å². The summed E-state index contributed by atoms with van der Waals surface area (Å²) in [5.41, 5.74) is 1.000. The third kappa shape index (κ3) is 3.67. The van der Waals surface area contributed by atoms with E-state index in [1.807, 2.05) is 19.1 Å². The Morgan fingerprint density at radius 2 is 2.39 bits per heavy atom. The van der Waals surface area contributed by atoms with E-state index in [0.29, 0.717) is 0 Å². The van der Waals surface area contributed by atoms with Crippen LogP contribution in [0.25, 0.3) is 0 Å². The van der Waals surface area contributed by atoms with Crippen molar-refractivity contribution in [2.45, 2.75) is 20.0 Å². The largest absolute Gasteiger partial charge is 0.374 e. The highest BCUT2D eigenvalue weighted by Gasteiger charge is 2.18. The van der Waals surface area contributed by atoms with E-state index < -0.39 is 0 Å². The molecule has 1 saturated heterocycles. The number of aryl methyl sites for hydroxylation is 1. The number of halogens is 1. The van der Waals surface area contributed by atoms with Crippen molar-refractivity contribution in [3.63, 3.8) is 0 Å². The highest BCUT2D eigenvalue weighted by atomic mass is 79.9. The molecule has 1 aromatic heterocycles. The molecule has 1 aliphatic rings. The first kappa shape index (κ1) is 13.8. The second-order valence-electron chi connectivity index (χ2n) is 4.53. The minimum Gasteiger partial charge on any atom is -0.374 e. The normalized spacial score (nSPS) is 20.9. The number of aromatic nitrogens is 1. The zero-order valence-corrected chi connectivity index (χ0v) is 12.5. The van der Waals surface area contributed by atoms with E-state index in [9.17, 15) is 0 Å². The maximum Gasteiger partial charge on any atom is 0.126 e. The Hall–Kier alpha value is -0.650. The van der Waals surface area contributed by atoms with E-state index >= 15 is 0 Å². The van der Waals surface area contributed by atoms with Crippen molar-refractivity contribution < 1.29 is 4.74 Å². The molecule has 0 aliphatic carbocycles. The fraction of sp³-hybridized carbons (Fsp3) is 0.615. The Labute approximate surface area is 117 Å². The molecule has 1 N–H and O–H groups in total. The van der Waals surface area contributed by atoms with Crippen LogP contribution in [0.3, 0.4) is 0 Å². The SMILES string of the molecule is CCN1CCOC(CNc2ccc(Br)c(C)n2)C1. The van der Waals surface area contributed by atoms with Gasteiger partial charge in [0, 0.05) is 24.1 Å². The summed E-state index contributed by atoms with van der Waals surface area (Å²) in [5.74, 6) is 0.910. The summed E-state index contributed by atoms with van der Waals surface area (Å²) in [6.07, 6.45) is 0.254. The number of rotatable bonds is 4. The van der Waals surface area contributed by atoms with Crippen LogP contribution in [-0.2, 0) is 4.74 Å². The number of anilines is 1. The standard InChI is InChI=1S/C13H20BrN3O/c1-3-17-6-7-18-11(9-17)8-15-13-5-4-12(14)10(2)16-13/h4-5,11H,3,6-9H2,1-2H3,(H,15,16). The van der Waals surface area contributed by atoms with Crippen LogP contribution in [0.2, 0.25) is 0 Å². The van der Waals surface area contributed by atoms with Crippen molar-refractivity contribution in [2.24, 2.45) is 0 Å². The maximum absolute atomic E-state index is 5.74. The lowest BCUT2D eigenvalue weighted by atomic mass is 10.2. The van der Waals surface area contributed by atoms with Crippen LogP contribution in [0.5, 0.6) is 0 Å². The Balaban J connectivity index is 1.85. The van der Waals surface area contributed by atoms with E-state index in [2.05, 4.69) is 38.1 Å². The van der Waals surface area contributed by atoms with E-state index in [-0.39, 0.29) is 6.10 Å². The number of morpholine rings is 1. The van der Waals surface area contributed by atoms with Crippen molar-refractivity contribution in [1.82, 2.24) is 9.88 Å². The van der Waals surface area contributed by atoms with Gasteiger partial charge < -0.3 is 10.1 Å². The number of hydrogen-bond donors (Lipinski definition) is 1. The molecule has 0 bridgehead atoms. The molecule has 2 heterocycles. The molecular formula is C13H20BrN3O. The molecule has 1 aliphatic heterocycles. The molecule has 4 nitrogen and oxygen atoms in total. The topological polar surface area (TPSA) is 37.4 Å². The number of hydrogen-bond acceptors (Lipinski definition) is 4. The molecule has 5 heteroatoms. The molecule has 100 valence electrons. The summed E-state index contributed by atoms with van der Waals surface area (Å²) in [6.45, 7) is 8.95. The monoisotopic (exact) mass is 313 g/mol. The molecule has 18 heavy (non-hydrogen) atoms. The first-order chi connectivity index (χ1) is 8.69. The number of likely N-dealkylation sites (N-methyl/N-ethyl adjacent to an activating group) is 1. The summed E-state index contributed by atoms with van der Waals surface area (Å²) in [5, 5.41) is 3.34. The molecule has 0 amide bonds. The van der Waals surface area contributed by atoms with Gasteiger partial charge >= 0.3 is 0 Å². The van der Waals surface area contributed by atoms with Gasteiger partial charge in [-0.25, -0.2) is 4.98 Å². The summed E-state index contributed by atoms with van der Waals surface area (Å²) in [7, 11) is 0. The van der Waals surface area contributed by atoms with Gasteiger partial charge in [-0.3, -0.25) is 4.90 Å². The lowest BCUT2D eigenvalue weighted by Crippen LogP contribution is -2.45. The first-order valence-corrected chi connectivity index (χ1v) is 7.19. The highest BCUT2D eigenvalue weighted by Crippen LogP contribution is 2.16. The van der Waals surface area contributed by atoms with Crippen LogP contribution < -0.4 is 5.32 Å². The van der Waals surface area contributed by atoms with Gasteiger partial charge in [-0.1, -0.05) is 6.92 Å². The maximum atomic E-state index is 5.74. The van der Waals surface area contributed by atoms with E-state index in [0.717, 1.165) is 48.8 Å². The van der Waals surface area contributed by atoms with Crippen LogP contribution >= 0.6 is 15.9 Å². The average Bonchev–Trinajstić information content (AvgIpc) is 2.40. The van der Waals surface area contributed by atoms with Gasteiger partial charge in [-0.2, -0.15) is 0 Å². The van der Waals surface area contributed by atoms with Crippen molar-refractivity contribution in [3.8, 4) is 0 Å². The number of ether oxygens (including phenoxy) is 1. The first-order valence-electron chi connectivity index (χ1n) is 6.40. The molecular weight excluding hydrogens is 294 g/mol. The molecule has 1 aromatic rings. The molecule has 1 fully saturated rings. The van der Waals surface area contributed by atoms with Crippen LogP contribution in [0, 0.1) is 6.92 Å². The fourth-order valence-electron chi connectivity index (χ4n) is 2.05. The van der Waals surface area contributed by atoms with Crippen LogP contribution in [0.15, 0.2) is 16.6 Å². The Morgan fingerprint density at radius 1 is 1.56 bits per heavy atom. The predicted molar refractivity (Wildman–Crippen MR) is 77.0 cm³/mol. The Bertz CT molecular complexity index is 400. The average molecular weight is 314 g/mol. The zero-order valence-electron chi connectivity index (χ0n) is 10.9. The smallest absolute Gasteiger partial charge is 0.126 e. The van der Waals surface area contributed by atoms with Gasteiger partial charge in [0.2, 0.25) is 0 Å². The molecule has 0 radical (unpaired) electrons. The molecule has 2 rings (SSSR count). The van der Waals surface area contributed by atoms with E-state index in [1.54, 1.807) is 0 Å². The van der Waals surface area contributed by atoms with Gasteiger partial charge in [-0.15, -0.1) is 0 Å². The third-order valence-electron chi connectivity index (χ3n) is 3.20. The van der Waals surface area contributed by atoms with Gasteiger partial charge in [0.05, 0.1) is 18.4 Å².